The van der Waals surface area contributed by atoms with Gasteiger partial charge in [-0.2, -0.15) is 0 Å². The van der Waals surface area contributed by atoms with E-state index < -0.39 is 6.10 Å². The first-order chi connectivity index (χ1) is 30.5. The average Bonchev–Trinajstić information content (AvgIpc) is 3.27. The van der Waals surface area contributed by atoms with Gasteiger partial charge in [0.15, 0.2) is 6.10 Å². The number of hydrogen-bond donors (Lipinski definition) is 0. The fourth-order valence-electron chi connectivity index (χ4n) is 6.65. The molecule has 0 bridgehead atoms. The Bertz CT molecular complexity index is 1260. The van der Waals surface area contributed by atoms with Crippen molar-refractivity contribution in [2.45, 2.75) is 226 Å². The Morgan fingerprint density at radius 2 is 0.710 bits per heavy atom. The van der Waals surface area contributed by atoms with Gasteiger partial charge in [0, 0.05) is 19.3 Å². The molecule has 6 heteroatoms. The lowest BCUT2D eigenvalue weighted by Gasteiger charge is -2.18. The molecule has 1 unspecified atom stereocenters. The van der Waals surface area contributed by atoms with Crippen molar-refractivity contribution in [2.24, 2.45) is 0 Å². The summed E-state index contributed by atoms with van der Waals surface area (Å²) in [4.78, 5) is 37.9. The van der Waals surface area contributed by atoms with Crippen LogP contribution in [-0.4, -0.2) is 37.2 Å². The summed E-state index contributed by atoms with van der Waals surface area (Å²) >= 11 is 0. The smallest absolute Gasteiger partial charge is 0.306 e. The Kier molecular flexibility index (Phi) is 47.0. The first kappa shape index (κ1) is 58.3. The number of allylic oxidation sites excluding steroid dienone is 16. The Morgan fingerprint density at radius 1 is 0.355 bits per heavy atom. The van der Waals surface area contributed by atoms with Gasteiger partial charge in [0.05, 0.1) is 0 Å². The second-order valence-electron chi connectivity index (χ2n) is 16.5. The van der Waals surface area contributed by atoms with Gasteiger partial charge in [0.1, 0.15) is 13.2 Å². The van der Waals surface area contributed by atoms with Crippen molar-refractivity contribution < 1.29 is 28.6 Å². The Labute approximate surface area is 381 Å². The van der Waals surface area contributed by atoms with Crippen molar-refractivity contribution in [1.82, 2.24) is 0 Å². The van der Waals surface area contributed by atoms with Crippen LogP contribution in [0.4, 0.5) is 0 Å². The minimum atomic E-state index is -0.818. The summed E-state index contributed by atoms with van der Waals surface area (Å²) in [6, 6.07) is 0. The highest BCUT2D eigenvalue weighted by atomic mass is 16.6. The molecule has 62 heavy (non-hydrogen) atoms. The summed E-state index contributed by atoms with van der Waals surface area (Å²) in [5.74, 6) is -1.01. The molecule has 0 saturated carbocycles. The van der Waals surface area contributed by atoms with E-state index in [1.165, 1.54) is 103 Å². The molecule has 0 radical (unpaired) electrons. The zero-order chi connectivity index (χ0) is 45.1. The highest BCUT2D eigenvalue weighted by Gasteiger charge is 2.19. The fourth-order valence-corrected chi connectivity index (χ4v) is 6.65. The van der Waals surface area contributed by atoms with E-state index in [4.69, 9.17) is 14.2 Å². The highest BCUT2D eigenvalue weighted by Crippen LogP contribution is 2.14. The predicted molar refractivity (Wildman–Crippen MR) is 265 cm³/mol. The molecule has 0 rings (SSSR count). The molecule has 0 fully saturated rings. The van der Waals surface area contributed by atoms with E-state index >= 15 is 0 Å². The lowest BCUT2D eigenvalue weighted by molar-refractivity contribution is -0.167. The predicted octanol–water partition coefficient (Wildman–Crippen LogP) is 16.6. The van der Waals surface area contributed by atoms with Gasteiger partial charge in [0.25, 0.3) is 0 Å². The summed E-state index contributed by atoms with van der Waals surface area (Å²) in [7, 11) is 0. The van der Waals surface area contributed by atoms with Crippen LogP contribution in [0.2, 0.25) is 0 Å². The van der Waals surface area contributed by atoms with Crippen molar-refractivity contribution in [3.63, 3.8) is 0 Å². The van der Waals surface area contributed by atoms with Crippen LogP contribution in [0, 0.1) is 0 Å². The number of ether oxygens (including phenoxy) is 3. The first-order valence-corrected chi connectivity index (χ1v) is 25.3. The number of esters is 3. The zero-order valence-electron chi connectivity index (χ0n) is 40.1. The van der Waals surface area contributed by atoms with Crippen LogP contribution >= 0.6 is 0 Å². The molecule has 0 heterocycles. The van der Waals surface area contributed by atoms with Crippen molar-refractivity contribution in [2.75, 3.05) is 13.2 Å². The van der Waals surface area contributed by atoms with Crippen LogP contribution in [0.3, 0.4) is 0 Å². The number of carbonyl (C=O) groups is 3. The lowest BCUT2D eigenvalue weighted by Crippen LogP contribution is -2.30. The maximum atomic E-state index is 12.8. The molecule has 0 amide bonds. The van der Waals surface area contributed by atoms with Crippen molar-refractivity contribution in [1.29, 1.82) is 0 Å². The topological polar surface area (TPSA) is 78.9 Å². The average molecular weight is 861 g/mol. The molecular weight excluding hydrogens is 769 g/mol. The Morgan fingerprint density at radius 3 is 1.21 bits per heavy atom. The molecule has 1 atom stereocenters. The van der Waals surface area contributed by atoms with Gasteiger partial charge in [0.2, 0.25) is 0 Å². The van der Waals surface area contributed by atoms with Gasteiger partial charge in [-0.25, -0.2) is 0 Å². The molecule has 0 aromatic carbocycles. The number of rotatable bonds is 44. The molecule has 0 saturated heterocycles. The Balaban J connectivity index is 4.54. The molecule has 0 aromatic rings. The van der Waals surface area contributed by atoms with Gasteiger partial charge in [-0.05, 0) is 70.6 Å². The van der Waals surface area contributed by atoms with Crippen LogP contribution < -0.4 is 0 Å². The normalized spacial score (nSPS) is 12.9. The number of hydrogen-bond acceptors (Lipinski definition) is 6. The summed E-state index contributed by atoms with van der Waals surface area (Å²) in [5.41, 5.74) is 0. The SMILES string of the molecule is CC\C=C/C=C\C=C/C=C\C=C/CCCCCC(=O)OC(COC(=O)CCC/C=C\C/C=C\C/C=C\CCCCCCCC)COC(=O)CCCCCCCCCCCCCC. The summed E-state index contributed by atoms with van der Waals surface area (Å²) in [5, 5.41) is 0. The molecule has 0 aliphatic heterocycles. The molecule has 352 valence electrons. The van der Waals surface area contributed by atoms with E-state index in [2.05, 4.69) is 69.4 Å². The van der Waals surface area contributed by atoms with Gasteiger partial charge in [-0.1, -0.05) is 227 Å². The Hall–Kier alpha value is -3.67. The van der Waals surface area contributed by atoms with Gasteiger partial charge >= 0.3 is 17.9 Å². The van der Waals surface area contributed by atoms with Gasteiger partial charge in [-0.15, -0.1) is 0 Å². The molecule has 0 spiro atoms. The van der Waals surface area contributed by atoms with Crippen LogP contribution in [-0.2, 0) is 28.6 Å². The summed E-state index contributed by atoms with van der Waals surface area (Å²) < 4.78 is 16.7. The van der Waals surface area contributed by atoms with Crippen LogP contribution in [0.5, 0.6) is 0 Å². The van der Waals surface area contributed by atoms with Crippen LogP contribution in [0.15, 0.2) is 97.2 Å². The molecule has 0 aromatic heterocycles. The van der Waals surface area contributed by atoms with E-state index in [1.54, 1.807) is 0 Å². The standard InChI is InChI=1S/C56H92O6/c1-4-7-10-13-16-19-22-25-27-28-30-31-34-37-40-43-46-49-55(58)61-52-53(51-60-54(57)48-45-42-39-36-33-24-21-18-15-12-9-6-3)62-56(59)50-47-44-41-38-35-32-29-26-23-20-17-14-11-8-5-2/h8,11,14,17,20,23,25-27,29-32,35,37,40,53H,4-7,9-10,12-13,15-16,18-19,21-22,24,28,33-34,36,38-39,41-52H2,1-3H3/b11-8-,17-14-,23-20-,27-25-,29-26-,31-30-,35-32-,40-37-. The van der Waals surface area contributed by atoms with E-state index in [1.807, 2.05) is 48.6 Å². The van der Waals surface area contributed by atoms with Crippen LogP contribution in [0.1, 0.15) is 220 Å². The molecule has 0 aliphatic carbocycles. The maximum Gasteiger partial charge on any atom is 0.306 e. The minimum absolute atomic E-state index is 0.110. The van der Waals surface area contributed by atoms with Crippen LogP contribution in [0.25, 0.3) is 0 Å². The summed E-state index contributed by atoms with van der Waals surface area (Å²) in [6.07, 6.45) is 65.4. The minimum Gasteiger partial charge on any atom is -0.462 e. The van der Waals surface area contributed by atoms with E-state index in [0.717, 1.165) is 64.2 Å². The molecular formula is C56H92O6. The third kappa shape index (κ3) is 47.4. The van der Waals surface area contributed by atoms with Gasteiger partial charge in [-0.3, -0.25) is 14.4 Å². The van der Waals surface area contributed by atoms with Gasteiger partial charge < -0.3 is 14.2 Å². The molecule has 6 nitrogen and oxygen atoms in total. The van der Waals surface area contributed by atoms with Crippen molar-refractivity contribution in [3.8, 4) is 0 Å². The first-order valence-electron chi connectivity index (χ1n) is 25.3. The zero-order valence-corrected chi connectivity index (χ0v) is 40.1. The second kappa shape index (κ2) is 50.0. The monoisotopic (exact) mass is 861 g/mol. The van der Waals surface area contributed by atoms with E-state index in [9.17, 15) is 14.4 Å². The molecule has 0 aliphatic rings. The largest absolute Gasteiger partial charge is 0.462 e. The maximum absolute atomic E-state index is 12.8. The number of carbonyl (C=O) groups excluding carboxylic acids is 3. The van der Waals surface area contributed by atoms with E-state index in [-0.39, 0.29) is 44.0 Å². The highest BCUT2D eigenvalue weighted by molar-refractivity contribution is 5.71. The quantitative estimate of drug-likeness (QED) is 0.0200. The number of unbranched alkanes of at least 4 members (excludes halogenated alkanes) is 21. The molecule has 0 N–H and O–H groups in total. The third-order valence-electron chi connectivity index (χ3n) is 10.5. The van der Waals surface area contributed by atoms with Crippen molar-refractivity contribution >= 4 is 17.9 Å². The van der Waals surface area contributed by atoms with Crippen molar-refractivity contribution in [3.05, 3.63) is 97.2 Å². The van der Waals surface area contributed by atoms with E-state index in [0.29, 0.717) is 19.3 Å². The second-order valence-corrected chi connectivity index (χ2v) is 16.5. The lowest BCUT2D eigenvalue weighted by atomic mass is 10.0. The third-order valence-corrected chi connectivity index (χ3v) is 10.5. The fraction of sp³-hybridized carbons (Fsp3) is 0.661. The summed E-state index contributed by atoms with van der Waals surface area (Å²) in [6.45, 7) is 6.39.